The number of methoxy groups -OCH3 is 1. The molecule has 0 amide bonds. The molecule has 0 atom stereocenters. The van der Waals surface area contributed by atoms with Crippen LogP contribution in [0.5, 0.6) is 5.75 Å². The lowest BCUT2D eigenvalue weighted by atomic mass is 10.0. The van der Waals surface area contributed by atoms with Crippen molar-refractivity contribution in [3.63, 3.8) is 0 Å². The van der Waals surface area contributed by atoms with Crippen LogP contribution in [0.25, 0.3) is 11.0 Å². The molecule has 1 aromatic carbocycles. The number of aromatic nitrogens is 2. The van der Waals surface area contributed by atoms with Crippen molar-refractivity contribution in [2.75, 3.05) is 7.11 Å². The molecule has 2 fully saturated rings. The summed E-state index contributed by atoms with van der Waals surface area (Å²) in [6.45, 7) is 1.07. The molecule has 3 nitrogen and oxygen atoms in total. The molecule has 0 unspecified atom stereocenters. The first-order valence-electron chi connectivity index (χ1n) is 6.98. The van der Waals surface area contributed by atoms with E-state index in [1.807, 2.05) is 6.07 Å². The molecule has 0 radical (unpaired) electrons. The Morgan fingerprint density at radius 3 is 2.84 bits per heavy atom. The third-order valence-corrected chi connectivity index (χ3v) is 5.11. The van der Waals surface area contributed by atoms with Crippen LogP contribution in [0.3, 0.4) is 0 Å². The van der Waals surface area contributed by atoms with Crippen molar-refractivity contribution in [2.24, 2.45) is 11.3 Å². The molecule has 0 spiro atoms. The van der Waals surface area contributed by atoms with Crippen LogP contribution in [0.15, 0.2) is 18.2 Å². The Morgan fingerprint density at radius 2 is 2.21 bits per heavy atom. The zero-order chi connectivity index (χ0) is 13.0. The molecule has 1 aromatic heterocycles. The van der Waals surface area contributed by atoms with Crippen molar-refractivity contribution in [2.45, 2.75) is 32.2 Å². The first-order chi connectivity index (χ1) is 9.22. The van der Waals surface area contributed by atoms with Gasteiger partial charge in [0.05, 0.1) is 18.1 Å². The average Bonchev–Trinajstić information content (AvgIpc) is 3.29. The van der Waals surface area contributed by atoms with Crippen LogP contribution in [0.2, 0.25) is 0 Å². The van der Waals surface area contributed by atoms with Crippen LogP contribution in [0.1, 0.15) is 25.7 Å². The number of nitrogens with one attached hydrogen (secondary N) is 1. The van der Waals surface area contributed by atoms with E-state index in [1.54, 1.807) is 7.11 Å². The summed E-state index contributed by atoms with van der Waals surface area (Å²) in [6.07, 6.45) is 5.57. The highest BCUT2D eigenvalue weighted by molar-refractivity contribution is 7.71. The van der Waals surface area contributed by atoms with Gasteiger partial charge in [-0.2, -0.15) is 0 Å². The molecular weight excluding hydrogens is 256 g/mol. The topological polar surface area (TPSA) is 29.9 Å². The Labute approximate surface area is 117 Å². The van der Waals surface area contributed by atoms with Crippen molar-refractivity contribution in [3.05, 3.63) is 23.0 Å². The average molecular weight is 274 g/mol. The molecule has 19 heavy (non-hydrogen) atoms. The van der Waals surface area contributed by atoms with Gasteiger partial charge >= 0.3 is 0 Å². The monoisotopic (exact) mass is 274 g/mol. The maximum Gasteiger partial charge on any atom is 0.178 e. The van der Waals surface area contributed by atoms with Gasteiger partial charge < -0.3 is 14.3 Å². The van der Waals surface area contributed by atoms with E-state index < -0.39 is 0 Å². The first kappa shape index (κ1) is 11.5. The standard InChI is InChI=1S/C15H18N2OS/c1-18-11-4-5-12-13(8-11)17(14(19)16-12)9-15(6-7-15)10-2-3-10/h4-5,8,10H,2-3,6-7,9H2,1H3,(H,16,19). The van der Waals surface area contributed by atoms with Crippen molar-refractivity contribution in [1.29, 1.82) is 0 Å². The SMILES string of the molecule is COc1ccc2[nH]c(=S)n(CC3(C4CC4)CC3)c2c1. The van der Waals surface area contributed by atoms with Gasteiger partial charge in [0.1, 0.15) is 5.75 Å². The smallest absolute Gasteiger partial charge is 0.178 e. The van der Waals surface area contributed by atoms with Crippen molar-refractivity contribution in [1.82, 2.24) is 9.55 Å². The number of rotatable bonds is 4. The van der Waals surface area contributed by atoms with E-state index in [9.17, 15) is 0 Å². The lowest BCUT2D eigenvalue weighted by Gasteiger charge is -2.15. The number of imidazole rings is 1. The third-order valence-electron chi connectivity index (χ3n) is 4.79. The quantitative estimate of drug-likeness (QED) is 0.857. The molecule has 2 aliphatic carbocycles. The van der Waals surface area contributed by atoms with Gasteiger partial charge in [-0.05, 0) is 61.4 Å². The molecule has 1 N–H and O–H groups in total. The molecule has 0 aliphatic heterocycles. The van der Waals surface area contributed by atoms with Gasteiger partial charge in [0.25, 0.3) is 0 Å². The molecule has 4 heteroatoms. The molecule has 2 aliphatic rings. The highest BCUT2D eigenvalue weighted by atomic mass is 32.1. The van der Waals surface area contributed by atoms with E-state index in [0.29, 0.717) is 5.41 Å². The Kier molecular flexibility index (Phi) is 2.34. The van der Waals surface area contributed by atoms with Gasteiger partial charge in [0, 0.05) is 12.6 Å². The van der Waals surface area contributed by atoms with Crippen LogP contribution in [0.4, 0.5) is 0 Å². The zero-order valence-corrected chi connectivity index (χ0v) is 11.9. The number of H-pyrrole nitrogens is 1. The summed E-state index contributed by atoms with van der Waals surface area (Å²) in [5.74, 6) is 1.84. The Morgan fingerprint density at radius 1 is 1.42 bits per heavy atom. The number of hydrogen-bond acceptors (Lipinski definition) is 2. The van der Waals surface area contributed by atoms with Gasteiger partial charge in [0.2, 0.25) is 0 Å². The van der Waals surface area contributed by atoms with Crippen LogP contribution in [-0.4, -0.2) is 16.7 Å². The summed E-state index contributed by atoms with van der Waals surface area (Å²) in [5.41, 5.74) is 2.84. The Hall–Kier alpha value is -1.29. The number of hydrogen-bond donors (Lipinski definition) is 1. The number of ether oxygens (including phenoxy) is 1. The largest absolute Gasteiger partial charge is 0.497 e. The van der Waals surface area contributed by atoms with E-state index in [4.69, 9.17) is 17.0 Å². The minimum Gasteiger partial charge on any atom is -0.497 e. The molecule has 2 saturated carbocycles. The normalized spacial score (nSPS) is 20.7. The molecule has 0 bridgehead atoms. The number of aromatic amines is 1. The van der Waals surface area contributed by atoms with E-state index in [2.05, 4.69) is 21.7 Å². The minimum absolute atomic E-state index is 0.552. The van der Waals surface area contributed by atoms with Gasteiger partial charge in [-0.15, -0.1) is 0 Å². The van der Waals surface area contributed by atoms with Crippen molar-refractivity contribution in [3.8, 4) is 5.75 Å². The second kappa shape index (κ2) is 3.85. The summed E-state index contributed by atoms with van der Waals surface area (Å²) < 4.78 is 8.45. The molecule has 0 saturated heterocycles. The Bertz CT molecular complexity index is 692. The maximum atomic E-state index is 5.50. The van der Waals surface area contributed by atoms with Gasteiger partial charge in [-0.25, -0.2) is 0 Å². The lowest BCUT2D eigenvalue weighted by molar-refractivity contribution is 0.372. The van der Waals surface area contributed by atoms with Crippen molar-refractivity contribution >= 4 is 23.3 Å². The van der Waals surface area contributed by atoms with E-state index >= 15 is 0 Å². The van der Waals surface area contributed by atoms with E-state index in [0.717, 1.165) is 28.5 Å². The highest BCUT2D eigenvalue weighted by Gasteiger charge is 2.53. The number of nitrogens with zero attached hydrogens (tertiary/aromatic N) is 1. The second-order valence-corrected chi connectivity index (χ2v) is 6.42. The highest BCUT2D eigenvalue weighted by Crippen LogP contribution is 2.62. The molecular formula is C15H18N2OS. The first-order valence-corrected chi connectivity index (χ1v) is 7.39. The summed E-state index contributed by atoms with van der Waals surface area (Å²) in [6, 6.07) is 6.12. The molecule has 4 rings (SSSR count). The minimum atomic E-state index is 0.552. The maximum absolute atomic E-state index is 5.50. The fourth-order valence-corrected chi connectivity index (χ4v) is 3.56. The zero-order valence-electron chi connectivity index (χ0n) is 11.1. The van der Waals surface area contributed by atoms with Crippen LogP contribution in [-0.2, 0) is 6.54 Å². The predicted octanol–water partition coefficient (Wildman–Crippen LogP) is 3.90. The van der Waals surface area contributed by atoms with Gasteiger partial charge in [-0.1, -0.05) is 0 Å². The molecule has 2 aromatic rings. The van der Waals surface area contributed by atoms with Crippen molar-refractivity contribution < 1.29 is 4.74 Å². The summed E-state index contributed by atoms with van der Waals surface area (Å²) in [4.78, 5) is 3.31. The summed E-state index contributed by atoms with van der Waals surface area (Å²) in [7, 11) is 1.71. The Balaban J connectivity index is 1.79. The molecule has 1 heterocycles. The molecule has 100 valence electrons. The summed E-state index contributed by atoms with van der Waals surface area (Å²) in [5, 5.41) is 0. The van der Waals surface area contributed by atoms with Crippen LogP contribution >= 0.6 is 12.2 Å². The van der Waals surface area contributed by atoms with E-state index in [1.165, 1.54) is 31.2 Å². The predicted molar refractivity (Wildman–Crippen MR) is 78.1 cm³/mol. The van der Waals surface area contributed by atoms with Gasteiger partial charge in [0.15, 0.2) is 4.77 Å². The van der Waals surface area contributed by atoms with E-state index in [-0.39, 0.29) is 0 Å². The number of benzene rings is 1. The van der Waals surface area contributed by atoms with Crippen LogP contribution < -0.4 is 4.74 Å². The fourth-order valence-electron chi connectivity index (χ4n) is 3.28. The van der Waals surface area contributed by atoms with Gasteiger partial charge in [-0.3, -0.25) is 0 Å². The second-order valence-electron chi connectivity index (χ2n) is 6.04. The lowest BCUT2D eigenvalue weighted by Crippen LogP contribution is -2.13. The third kappa shape index (κ3) is 1.81. The summed E-state index contributed by atoms with van der Waals surface area (Å²) >= 11 is 5.50. The fraction of sp³-hybridized carbons (Fsp3) is 0.533. The van der Waals surface area contributed by atoms with Crippen LogP contribution in [0, 0.1) is 16.1 Å². The number of fused-ring (bicyclic) bond motifs is 1.